The second-order valence-electron chi connectivity index (χ2n) is 4.53. The summed E-state index contributed by atoms with van der Waals surface area (Å²) < 4.78 is 0.889. The van der Waals surface area contributed by atoms with Crippen LogP contribution >= 0.6 is 34.5 Å². The molecule has 0 spiro atoms. The van der Waals surface area contributed by atoms with Gasteiger partial charge in [-0.25, -0.2) is 0 Å². The Labute approximate surface area is 121 Å². The predicted octanol–water partition coefficient (Wildman–Crippen LogP) is 5.54. The smallest absolute Gasteiger partial charge is 0.0934 e. The van der Waals surface area contributed by atoms with Gasteiger partial charge in [-0.1, -0.05) is 29.3 Å². The maximum Gasteiger partial charge on any atom is 0.0934 e. The van der Waals surface area contributed by atoms with Gasteiger partial charge in [0.25, 0.3) is 0 Å². The summed E-state index contributed by atoms with van der Waals surface area (Å²) in [6.45, 7) is 0. The van der Waals surface area contributed by atoms with Crippen LogP contribution in [0.15, 0.2) is 30.3 Å². The van der Waals surface area contributed by atoms with Gasteiger partial charge in [0.1, 0.15) is 0 Å². The molecule has 3 rings (SSSR count). The maximum absolute atomic E-state index is 6.11. The quantitative estimate of drug-likeness (QED) is 0.767. The summed E-state index contributed by atoms with van der Waals surface area (Å²) >= 11 is 13.8. The van der Waals surface area contributed by atoms with E-state index in [1.54, 1.807) is 11.3 Å². The predicted molar refractivity (Wildman–Crippen MR) is 80.1 cm³/mol. The molecule has 1 N–H and O–H groups in total. The molecule has 1 unspecified atom stereocenters. The molecular formula is C14H13Cl2NS. The van der Waals surface area contributed by atoms with Crippen molar-refractivity contribution < 1.29 is 0 Å². The molecule has 1 heterocycles. The van der Waals surface area contributed by atoms with Crippen LogP contribution in [-0.4, -0.2) is 0 Å². The van der Waals surface area contributed by atoms with Crippen LogP contribution in [0.25, 0.3) is 0 Å². The van der Waals surface area contributed by atoms with Crippen molar-refractivity contribution in [2.45, 2.75) is 25.3 Å². The van der Waals surface area contributed by atoms with Gasteiger partial charge >= 0.3 is 0 Å². The van der Waals surface area contributed by atoms with Crippen molar-refractivity contribution in [3.05, 3.63) is 50.1 Å². The minimum absolute atomic E-state index is 0.357. The Morgan fingerprint density at radius 2 is 2.11 bits per heavy atom. The zero-order valence-electron chi connectivity index (χ0n) is 9.75. The van der Waals surface area contributed by atoms with E-state index in [1.165, 1.54) is 16.9 Å². The first kappa shape index (κ1) is 12.3. The maximum atomic E-state index is 6.11. The lowest BCUT2D eigenvalue weighted by molar-refractivity contribution is 0.609. The molecule has 4 heteroatoms. The lowest BCUT2D eigenvalue weighted by atomic mass is 9.94. The van der Waals surface area contributed by atoms with Crippen molar-refractivity contribution in [2.75, 3.05) is 5.32 Å². The normalized spacial score (nSPS) is 18.4. The molecule has 94 valence electrons. The highest BCUT2D eigenvalue weighted by Crippen LogP contribution is 2.39. The summed E-state index contributed by atoms with van der Waals surface area (Å²) in [4.78, 5) is 1.42. The van der Waals surface area contributed by atoms with Crippen LogP contribution in [0.5, 0.6) is 0 Å². The van der Waals surface area contributed by atoms with E-state index in [2.05, 4.69) is 11.4 Å². The molecule has 1 aromatic heterocycles. The molecule has 0 saturated carbocycles. The first-order valence-electron chi connectivity index (χ1n) is 6.02. The molecule has 0 saturated heterocycles. The Kier molecular flexibility index (Phi) is 3.51. The van der Waals surface area contributed by atoms with E-state index in [4.69, 9.17) is 23.2 Å². The molecule has 0 amide bonds. The summed E-state index contributed by atoms with van der Waals surface area (Å²) in [6, 6.07) is 10.3. The van der Waals surface area contributed by atoms with Crippen molar-refractivity contribution in [2.24, 2.45) is 0 Å². The average molecular weight is 298 g/mol. The van der Waals surface area contributed by atoms with E-state index in [0.29, 0.717) is 6.04 Å². The third-order valence-corrected chi connectivity index (χ3v) is 4.82. The number of hydrogen-bond acceptors (Lipinski definition) is 2. The summed E-state index contributed by atoms with van der Waals surface area (Å²) in [5.74, 6) is 0. The number of benzene rings is 1. The Morgan fingerprint density at radius 1 is 1.22 bits per heavy atom. The second kappa shape index (κ2) is 5.12. The molecule has 0 radical (unpaired) electrons. The number of hydrogen-bond donors (Lipinski definition) is 1. The van der Waals surface area contributed by atoms with Crippen LogP contribution < -0.4 is 5.32 Å². The van der Waals surface area contributed by atoms with E-state index >= 15 is 0 Å². The van der Waals surface area contributed by atoms with Crippen molar-refractivity contribution in [1.82, 2.24) is 0 Å². The van der Waals surface area contributed by atoms with Gasteiger partial charge in [0.05, 0.1) is 10.4 Å². The molecule has 1 aliphatic rings. The number of aryl methyl sites for hydroxylation is 1. The summed E-state index contributed by atoms with van der Waals surface area (Å²) in [6.07, 6.45) is 3.51. The third kappa shape index (κ3) is 2.51. The van der Waals surface area contributed by atoms with E-state index in [-0.39, 0.29) is 0 Å². The molecule has 1 nitrogen and oxygen atoms in total. The molecule has 1 atom stereocenters. The molecule has 1 aliphatic carbocycles. The zero-order valence-corrected chi connectivity index (χ0v) is 12.1. The highest BCUT2D eigenvalue weighted by atomic mass is 35.5. The van der Waals surface area contributed by atoms with Crippen molar-refractivity contribution in [1.29, 1.82) is 0 Å². The fraction of sp³-hybridized carbons (Fsp3) is 0.286. The van der Waals surface area contributed by atoms with Crippen LogP contribution in [0.1, 0.15) is 29.3 Å². The second-order valence-corrected chi connectivity index (χ2v) is 6.73. The van der Waals surface area contributed by atoms with Crippen molar-refractivity contribution in [3.8, 4) is 0 Å². The zero-order chi connectivity index (χ0) is 12.5. The molecule has 0 fully saturated rings. The number of fused-ring (bicyclic) bond motifs is 1. The van der Waals surface area contributed by atoms with Crippen LogP contribution in [0.2, 0.25) is 9.36 Å². The number of halogens is 2. The standard InChI is InChI=1S/C14H13Cl2NS/c15-9-3-1-4-10(7-9)17-12-5-2-6-13-11(12)8-14(16)18-13/h1,3-4,7-8,12,17H,2,5-6H2. The molecule has 18 heavy (non-hydrogen) atoms. The Bertz CT molecular complexity index is 565. The number of rotatable bonds is 2. The first-order chi connectivity index (χ1) is 8.72. The first-order valence-corrected chi connectivity index (χ1v) is 7.60. The lowest BCUT2D eigenvalue weighted by Crippen LogP contribution is -2.15. The highest BCUT2D eigenvalue weighted by molar-refractivity contribution is 7.16. The van der Waals surface area contributed by atoms with Gasteiger partial charge in [-0.05, 0) is 49.1 Å². The van der Waals surface area contributed by atoms with Crippen LogP contribution in [-0.2, 0) is 6.42 Å². The molecule has 0 aliphatic heterocycles. The fourth-order valence-electron chi connectivity index (χ4n) is 2.45. The number of nitrogens with one attached hydrogen (secondary N) is 1. The Morgan fingerprint density at radius 3 is 2.94 bits per heavy atom. The topological polar surface area (TPSA) is 12.0 Å². The number of anilines is 1. The largest absolute Gasteiger partial charge is 0.378 e. The molecule has 0 bridgehead atoms. The number of thiophene rings is 1. The van der Waals surface area contributed by atoms with Gasteiger partial charge in [0.2, 0.25) is 0 Å². The van der Waals surface area contributed by atoms with E-state index in [9.17, 15) is 0 Å². The van der Waals surface area contributed by atoms with Gasteiger partial charge in [-0.2, -0.15) is 0 Å². The molecule has 1 aromatic carbocycles. The summed E-state index contributed by atoms with van der Waals surface area (Å²) in [5, 5.41) is 4.32. The van der Waals surface area contributed by atoms with Gasteiger partial charge in [-0.3, -0.25) is 0 Å². The van der Waals surface area contributed by atoms with Gasteiger partial charge in [0, 0.05) is 15.6 Å². The van der Waals surface area contributed by atoms with Crippen molar-refractivity contribution >= 4 is 40.2 Å². The van der Waals surface area contributed by atoms with E-state index in [0.717, 1.165) is 27.9 Å². The van der Waals surface area contributed by atoms with Crippen LogP contribution in [0.3, 0.4) is 0 Å². The molecule has 2 aromatic rings. The lowest BCUT2D eigenvalue weighted by Gasteiger charge is -2.24. The fourth-order valence-corrected chi connectivity index (χ4v) is 4.02. The van der Waals surface area contributed by atoms with Crippen LogP contribution in [0, 0.1) is 0 Å². The van der Waals surface area contributed by atoms with Crippen molar-refractivity contribution in [3.63, 3.8) is 0 Å². The monoisotopic (exact) mass is 297 g/mol. The highest BCUT2D eigenvalue weighted by Gasteiger charge is 2.22. The van der Waals surface area contributed by atoms with Gasteiger partial charge < -0.3 is 5.32 Å². The Balaban J connectivity index is 1.86. The Hall–Kier alpha value is -0.700. The average Bonchev–Trinajstić information content (AvgIpc) is 2.71. The van der Waals surface area contributed by atoms with Gasteiger partial charge in [0.15, 0.2) is 0 Å². The summed E-state index contributed by atoms with van der Waals surface area (Å²) in [5.41, 5.74) is 2.43. The van der Waals surface area contributed by atoms with E-state index in [1.807, 2.05) is 24.3 Å². The van der Waals surface area contributed by atoms with Crippen LogP contribution in [0.4, 0.5) is 5.69 Å². The third-order valence-electron chi connectivity index (χ3n) is 3.25. The SMILES string of the molecule is Clc1cccc(NC2CCCc3sc(Cl)cc32)c1. The van der Waals surface area contributed by atoms with Gasteiger partial charge in [-0.15, -0.1) is 11.3 Å². The minimum atomic E-state index is 0.357. The molecular weight excluding hydrogens is 285 g/mol. The summed E-state index contributed by atoms with van der Waals surface area (Å²) in [7, 11) is 0. The van der Waals surface area contributed by atoms with E-state index < -0.39 is 0 Å². The minimum Gasteiger partial charge on any atom is -0.378 e.